The Morgan fingerprint density at radius 1 is 1.16 bits per heavy atom. The molecule has 9 nitrogen and oxygen atoms in total. The number of carbonyl (C=O) groups is 2. The van der Waals surface area contributed by atoms with Crippen LogP contribution in [-0.2, 0) is 14.3 Å². The van der Waals surface area contributed by atoms with Gasteiger partial charge in [-0.3, -0.25) is 9.69 Å². The second-order valence-corrected chi connectivity index (χ2v) is 8.23. The number of nitrogens with one attached hydrogen (secondary N) is 3. The molecule has 2 fully saturated rings. The third-order valence-electron chi connectivity index (χ3n) is 5.47. The van der Waals surface area contributed by atoms with E-state index >= 15 is 0 Å². The molecule has 2 aliphatic rings. The van der Waals surface area contributed by atoms with E-state index in [2.05, 4.69) is 20.9 Å². The van der Waals surface area contributed by atoms with Crippen LogP contribution in [0.25, 0.3) is 0 Å². The number of amides is 3. The van der Waals surface area contributed by atoms with Gasteiger partial charge in [0.25, 0.3) is 0 Å². The van der Waals surface area contributed by atoms with Gasteiger partial charge in [0.1, 0.15) is 6.10 Å². The number of ether oxygens (including phenoxy) is 2. The number of morpholine rings is 1. The highest BCUT2D eigenvalue weighted by Crippen LogP contribution is 2.22. The number of aliphatic hydroxyl groups is 1. The van der Waals surface area contributed by atoms with Gasteiger partial charge in [-0.25, -0.2) is 4.79 Å². The molecule has 1 aromatic carbocycles. The zero-order chi connectivity index (χ0) is 22.1. The molecule has 0 aliphatic carbocycles. The van der Waals surface area contributed by atoms with Gasteiger partial charge in [-0.05, 0) is 43.5 Å². The largest absolute Gasteiger partial charge is 0.394 e. The van der Waals surface area contributed by atoms with Gasteiger partial charge in [-0.2, -0.15) is 0 Å². The average Bonchev–Trinajstić information content (AvgIpc) is 2.77. The van der Waals surface area contributed by atoms with Crippen molar-refractivity contribution in [3.63, 3.8) is 0 Å². The van der Waals surface area contributed by atoms with Gasteiger partial charge in [0.05, 0.1) is 38.5 Å². The smallest absolute Gasteiger partial charge is 0.319 e. The Kier molecular flexibility index (Phi) is 9.35. The second kappa shape index (κ2) is 12.2. The fourth-order valence-electron chi connectivity index (χ4n) is 3.77. The Balaban J connectivity index is 1.36. The number of halogens is 1. The molecule has 2 saturated heterocycles. The molecule has 0 spiro atoms. The summed E-state index contributed by atoms with van der Waals surface area (Å²) in [5.41, 5.74) is 0.630. The molecule has 2 heterocycles. The summed E-state index contributed by atoms with van der Waals surface area (Å²) < 4.78 is 11.2. The van der Waals surface area contributed by atoms with Crippen LogP contribution in [0.1, 0.15) is 19.3 Å². The van der Waals surface area contributed by atoms with Crippen molar-refractivity contribution >= 4 is 29.2 Å². The molecule has 3 amide bonds. The maximum absolute atomic E-state index is 12.3. The van der Waals surface area contributed by atoms with Crippen LogP contribution in [0.5, 0.6) is 0 Å². The first kappa shape index (κ1) is 23.7. The molecule has 0 saturated carbocycles. The molecule has 31 heavy (non-hydrogen) atoms. The number of rotatable bonds is 8. The summed E-state index contributed by atoms with van der Waals surface area (Å²) in [4.78, 5) is 26.4. The molecule has 0 bridgehead atoms. The maximum Gasteiger partial charge on any atom is 0.319 e. The number of benzene rings is 1. The Bertz CT molecular complexity index is 714. The predicted octanol–water partition coefficient (Wildman–Crippen LogP) is 1.21. The number of hydrogen-bond donors (Lipinski definition) is 4. The van der Waals surface area contributed by atoms with E-state index in [1.165, 1.54) is 0 Å². The molecule has 0 radical (unpaired) electrons. The molecule has 3 atom stereocenters. The molecule has 0 aromatic heterocycles. The highest BCUT2D eigenvalue weighted by molar-refractivity contribution is 6.30. The van der Waals surface area contributed by atoms with Gasteiger partial charge in [0.2, 0.25) is 5.91 Å². The number of anilines is 1. The number of urea groups is 1. The van der Waals surface area contributed by atoms with E-state index in [9.17, 15) is 14.7 Å². The van der Waals surface area contributed by atoms with Crippen molar-refractivity contribution in [1.82, 2.24) is 15.5 Å². The van der Waals surface area contributed by atoms with E-state index < -0.39 is 6.10 Å². The Morgan fingerprint density at radius 2 is 1.90 bits per heavy atom. The lowest BCUT2D eigenvalue weighted by atomic mass is 9.97. The van der Waals surface area contributed by atoms with Crippen LogP contribution in [0.15, 0.2) is 24.3 Å². The van der Waals surface area contributed by atoms with Crippen molar-refractivity contribution in [3.8, 4) is 0 Å². The molecule has 10 heteroatoms. The Hall–Kier alpha value is -1.91. The minimum Gasteiger partial charge on any atom is -0.394 e. The topological polar surface area (TPSA) is 112 Å². The van der Waals surface area contributed by atoms with E-state index in [0.29, 0.717) is 49.9 Å². The quantitative estimate of drug-likeness (QED) is 0.469. The number of aliphatic hydroxyl groups excluding tert-OH is 1. The summed E-state index contributed by atoms with van der Waals surface area (Å²) in [6.07, 6.45) is 1.53. The fraction of sp³-hybridized carbons (Fsp3) is 0.619. The van der Waals surface area contributed by atoms with Gasteiger partial charge in [-0.15, -0.1) is 0 Å². The van der Waals surface area contributed by atoms with Crippen LogP contribution < -0.4 is 16.0 Å². The first-order valence-corrected chi connectivity index (χ1v) is 11.1. The van der Waals surface area contributed by atoms with Crippen LogP contribution in [0.2, 0.25) is 5.02 Å². The van der Waals surface area contributed by atoms with E-state index in [-0.39, 0.29) is 30.7 Å². The Labute approximate surface area is 187 Å². The first-order valence-electron chi connectivity index (χ1n) is 10.7. The van der Waals surface area contributed by atoms with Crippen LogP contribution in [0.3, 0.4) is 0 Å². The van der Waals surface area contributed by atoms with Crippen molar-refractivity contribution in [2.24, 2.45) is 0 Å². The maximum atomic E-state index is 12.3. The van der Waals surface area contributed by atoms with E-state index in [4.69, 9.17) is 21.1 Å². The minimum absolute atomic E-state index is 0.00479. The van der Waals surface area contributed by atoms with E-state index in [1.807, 2.05) is 0 Å². The van der Waals surface area contributed by atoms with Crippen molar-refractivity contribution in [3.05, 3.63) is 29.3 Å². The lowest BCUT2D eigenvalue weighted by Crippen LogP contribution is -2.52. The zero-order valence-corrected chi connectivity index (χ0v) is 18.3. The molecule has 172 valence electrons. The third-order valence-corrected chi connectivity index (χ3v) is 5.73. The van der Waals surface area contributed by atoms with Crippen molar-refractivity contribution in [2.75, 3.05) is 51.3 Å². The lowest BCUT2D eigenvalue weighted by Gasteiger charge is -2.36. The van der Waals surface area contributed by atoms with Gasteiger partial charge in [0.15, 0.2) is 0 Å². The highest BCUT2D eigenvalue weighted by atomic mass is 35.5. The number of carbonyl (C=O) groups excluding carboxylic acids is 2. The predicted molar refractivity (Wildman–Crippen MR) is 117 cm³/mol. The summed E-state index contributed by atoms with van der Waals surface area (Å²) in [6.45, 7) is 3.59. The molecule has 0 unspecified atom stereocenters. The van der Waals surface area contributed by atoms with Crippen LogP contribution >= 0.6 is 11.6 Å². The van der Waals surface area contributed by atoms with Gasteiger partial charge >= 0.3 is 6.03 Å². The Morgan fingerprint density at radius 3 is 2.61 bits per heavy atom. The summed E-state index contributed by atoms with van der Waals surface area (Å²) in [7, 11) is 0. The summed E-state index contributed by atoms with van der Waals surface area (Å²) in [6, 6.07) is 6.18. The molecule has 2 aliphatic heterocycles. The van der Waals surface area contributed by atoms with E-state index in [1.54, 1.807) is 24.3 Å². The molecule has 1 aromatic rings. The van der Waals surface area contributed by atoms with Gasteiger partial charge in [-0.1, -0.05) is 11.6 Å². The standard InChI is InChI=1S/C21H31ClN4O5/c22-15-1-3-16(4-2-15)24-21(29)25-18-6-5-17(31-19(18)14-27)7-8-23-20(28)13-26-9-11-30-12-10-26/h1-4,17-19,27H,5-14H2,(H,23,28)(H2,24,25,29)/t17-,18+,19-/m1/s1. The molecular weight excluding hydrogens is 424 g/mol. The summed E-state index contributed by atoms with van der Waals surface area (Å²) in [5.74, 6) is -0.00479. The van der Waals surface area contributed by atoms with E-state index in [0.717, 1.165) is 19.5 Å². The second-order valence-electron chi connectivity index (χ2n) is 7.80. The number of hydrogen-bond acceptors (Lipinski definition) is 6. The van der Waals surface area contributed by atoms with Gasteiger partial charge in [0, 0.05) is 30.3 Å². The molecule has 3 rings (SSSR count). The normalized spacial score (nSPS) is 24.4. The first-order chi connectivity index (χ1) is 15.0. The minimum atomic E-state index is -0.487. The summed E-state index contributed by atoms with van der Waals surface area (Å²) >= 11 is 5.85. The average molecular weight is 455 g/mol. The SMILES string of the molecule is O=C(CN1CCOCC1)NCC[C@H]1CC[C@H](NC(=O)Nc2ccc(Cl)cc2)[C@@H](CO)O1. The van der Waals surface area contributed by atoms with Crippen LogP contribution in [0.4, 0.5) is 10.5 Å². The van der Waals surface area contributed by atoms with Crippen molar-refractivity contribution < 1.29 is 24.2 Å². The van der Waals surface area contributed by atoms with Crippen molar-refractivity contribution in [1.29, 1.82) is 0 Å². The molecular formula is C21H31ClN4O5. The van der Waals surface area contributed by atoms with Crippen molar-refractivity contribution in [2.45, 2.75) is 37.5 Å². The number of nitrogens with zero attached hydrogens (tertiary/aromatic N) is 1. The lowest BCUT2D eigenvalue weighted by molar-refractivity contribution is -0.123. The summed E-state index contributed by atoms with van der Waals surface area (Å²) in [5, 5.41) is 18.9. The zero-order valence-electron chi connectivity index (χ0n) is 17.5. The highest BCUT2D eigenvalue weighted by Gasteiger charge is 2.31. The monoisotopic (exact) mass is 454 g/mol. The molecule has 4 N–H and O–H groups in total. The van der Waals surface area contributed by atoms with Crippen LogP contribution in [-0.4, -0.2) is 86.2 Å². The fourth-order valence-corrected chi connectivity index (χ4v) is 3.89. The third kappa shape index (κ3) is 7.93. The van der Waals surface area contributed by atoms with Gasteiger partial charge < -0.3 is 30.5 Å². The van der Waals surface area contributed by atoms with Crippen LogP contribution in [0, 0.1) is 0 Å².